The minimum atomic E-state index is -0.309. The molecule has 0 atom stereocenters. The fourth-order valence-corrected chi connectivity index (χ4v) is 2.27. The quantitative estimate of drug-likeness (QED) is 0.805. The number of aromatic nitrogens is 2. The largest absolute Gasteiger partial charge is 0.378 e. The van der Waals surface area contributed by atoms with Gasteiger partial charge < -0.3 is 4.74 Å². The molecule has 18 heavy (non-hydrogen) atoms. The van der Waals surface area contributed by atoms with Gasteiger partial charge in [-0.05, 0) is 24.3 Å². The molecule has 1 aromatic heterocycles. The Bertz CT molecular complexity index is 540. The summed E-state index contributed by atoms with van der Waals surface area (Å²) in [5.41, 5.74) is 2.08. The lowest BCUT2D eigenvalue weighted by atomic mass is 10.3. The van der Waals surface area contributed by atoms with Crippen molar-refractivity contribution in [2.75, 3.05) is 7.11 Å². The van der Waals surface area contributed by atoms with E-state index in [1.807, 2.05) is 0 Å². The Morgan fingerprint density at radius 2 is 2.00 bits per heavy atom. The van der Waals surface area contributed by atoms with Gasteiger partial charge in [-0.15, -0.1) is 11.6 Å². The van der Waals surface area contributed by atoms with Crippen molar-refractivity contribution >= 4 is 23.2 Å². The second-order valence-corrected chi connectivity index (χ2v) is 4.30. The summed E-state index contributed by atoms with van der Waals surface area (Å²) < 4.78 is 19.4. The van der Waals surface area contributed by atoms with Gasteiger partial charge in [-0.3, -0.25) is 0 Å². The van der Waals surface area contributed by atoms with Crippen molar-refractivity contribution in [3.8, 4) is 5.69 Å². The second kappa shape index (κ2) is 5.69. The van der Waals surface area contributed by atoms with Gasteiger partial charge in [0.25, 0.3) is 0 Å². The molecule has 0 saturated carbocycles. The Balaban J connectivity index is 2.47. The van der Waals surface area contributed by atoms with E-state index < -0.39 is 0 Å². The first-order chi connectivity index (χ1) is 8.67. The standard InChI is InChI=1S/C12H11Cl2FN2O/c1-18-7-11-10(6-13)12(14)17(16-11)9-4-2-8(15)3-5-9/h2-5H,6-7H2,1H3. The lowest BCUT2D eigenvalue weighted by molar-refractivity contribution is 0.180. The Kier molecular flexibility index (Phi) is 4.22. The maximum Gasteiger partial charge on any atom is 0.137 e. The van der Waals surface area contributed by atoms with Crippen molar-refractivity contribution in [2.24, 2.45) is 0 Å². The summed E-state index contributed by atoms with van der Waals surface area (Å²) >= 11 is 12.1. The molecular formula is C12H11Cl2FN2O. The van der Waals surface area contributed by atoms with Gasteiger partial charge in [0, 0.05) is 12.7 Å². The van der Waals surface area contributed by atoms with Crippen LogP contribution in [0.25, 0.3) is 5.69 Å². The highest BCUT2D eigenvalue weighted by Crippen LogP contribution is 2.25. The molecule has 2 rings (SSSR count). The van der Waals surface area contributed by atoms with E-state index in [2.05, 4.69) is 5.10 Å². The summed E-state index contributed by atoms with van der Waals surface area (Å²) in [4.78, 5) is 0. The van der Waals surface area contributed by atoms with Crippen LogP contribution in [0.3, 0.4) is 0 Å². The number of hydrogen-bond donors (Lipinski definition) is 0. The van der Waals surface area contributed by atoms with Crippen molar-refractivity contribution in [1.82, 2.24) is 9.78 Å². The lowest BCUT2D eigenvalue weighted by Crippen LogP contribution is -1.98. The van der Waals surface area contributed by atoms with Gasteiger partial charge in [-0.25, -0.2) is 9.07 Å². The summed E-state index contributed by atoms with van der Waals surface area (Å²) in [5, 5.41) is 4.74. The molecule has 0 aliphatic rings. The SMILES string of the molecule is COCc1nn(-c2ccc(F)cc2)c(Cl)c1CCl. The van der Waals surface area contributed by atoms with Crippen LogP contribution in [0, 0.1) is 5.82 Å². The zero-order valence-electron chi connectivity index (χ0n) is 9.66. The molecule has 0 amide bonds. The number of ether oxygens (including phenoxy) is 1. The van der Waals surface area contributed by atoms with E-state index in [1.165, 1.54) is 16.8 Å². The van der Waals surface area contributed by atoms with Gasteiger partial charge in [0.2, 0.25) is 0 Å². The minimum absolute atomic E-state index is 0.249. The molecule has 6 heteroatoms. The third-order valence-electron chi connectivity index (χ3n) is 2.49. The van der Waals surface area contributed by atoms with E-state index >= 15 is 0 Å². The van der Waals surface area contributed by atoms with Crippen molar-refractivity contribution in [3.05, 3.63) is 46.5 Å². The van der Waals surface area contributed by atoms with E-state index in [4.69, 9.17) is 27.9 Å². The van der Waals surface area contributed by atoms with Crippen LogP contribution in [0.15, 0.2) is 24.3 Å². The molecule has 0 bridgehead atoms. The Hall–Kier alpha value is -1.10. The highest BCUT2D eigenvalue weighted by Gasteiger charge is 2.16. The molecular weight excluding hydrogens is 278 g/mol. The van der Waals surface area contributed by atoms with Crippen molar-refractivity contribution in [3.63, 3.8) is 0 Å². The second-order valence-electron chi connectivity index (χ2n) is 3.67. The first-order valence-electron chi connectivity index (χ1n) is 5.24. The maximum atomic E-state index is 12.9. The average molecular weight is 289 g/mol. The Labute approximate surface area is 114 Å². The molecule has 0 saturated heterocycles. The average Bonchev–Trinajstić information content (AvgIpc) is 2.67. The van der Waals surface area contributed by atoms with E-state index in [0.29, 0.717) is 23.1 Å². The summed E-state index contributed by atoms with van der Waals surface area (Å²) in [7, 11) is 1.57. The van der Waals surface area contributed by atoms with Gasteiger partial charge in [-0.1, -0.05) is 11.6 Å². The molecule has 1 heterocycles. The van der Waals surface area contributed by atoms with Crippen LogP contribution < -0.4 is 0 Å². The van der Waals surface area contributed by atoms with E-state index in [-0.39, 0.29) is 11.7 Å². The van der Waals surface area contributed by atoms with Crippen LogP contribution >= 0.6 is 23.2 Å². The summed E-state index contributed by atoms with van der Waals surface area (Å²) in [5.74, 6) is -0.0599. The topological polar surface area (TPSA) is 27.1 Å². The van der Waals surface area contributed by atoms with Crippen molar-refractivity contribution < 1.29 is 9.13 Å². The number of nitrogens with zero attached hydrogens (tertiary/aromatic N) is 2. The van der Waals surface area contributed by atoms with Crippen LogP contribution in [0.5, 0.6) is 0 Å². The third kappa shape index (κ3) is 2.51. The first-order valence-corrected chi connectivity index (χ1v) is 6.15. The molecule has 0 N–H and O–H groups in total. The molecule has 2 aromatic rings. The van der Waals surface area contributed by atoms with E-state index in [9.17, 15) is 4.39 Å². The Morgan fingerprint density at radius 1 is 1.33 bits per heavy atom. The number of benzene rings is 1. The number of hydrogen-bond acceptors (Lipinski definition) is 2. The number of methoxy groups -OCH3 is 1. The maximum absolute atomic E-state index is 12.9. The molecule has 1 aromatic carbocycles. The van der Waals surface area contributed by atoms with Gasteiger partial charge in [-0.2, -0.15) is 5.10 Å². The zero-order chi connectivity index (χ0) is 13.1. The summed E-state index contributed by atoms with van der Waals surface area (Å²) in [6.07, 6.45) is 0. The minimum Gasteiger partial charge on any atom is -0.378 e. The molecule has 0 aliphatic carbocycles. The summed E-state index contributed by atoms with van der Waals surface area (Å²) in [6.45, 7) is 0.329. The van der Waals surface area contributed by atoms with Gasteiger partial charge in [0.15, 0.2) is 0 Å². The molecule has 0 unspecified atom stereocenters. The van der Waals surface area contributed by atoms with Gasteiger partial charge in [0.1, 0.15) is 11.0 Å². The first kappa shape index (κ1) is 13.3. The molecule has 0 fully saturated rings. The molecule has 96 valence electrons. The van der Waals surface area contributed by atoms with Gasteiger partial charge in [0.05, 0.1) is 23.9 Å². The smallest absolute Gasteiger partial charge is 0.137 e. The Morgan fingerprint density at radius 3 is 2.56 bits per heavy atom. The summed E-state index contributed by atoms with van der Waals surface area (Å²) in [6, 6.07) is 5.90. The monoisotopic (exact) mass is 288 g/mol. The van der Waals surface area contributed by atoms with Crippen LogP contribution in [-0.2, 0) is 17.2 Å². The van der Waals surface area contributed by atoms with Crippen LogP contribution in [0.4, 0.5) is 4.39 Å². The predicted molar refractivity (Wildman–Crippen MR) is 68.8 cm³/mol. The number of rotatable bonds is 4. The highest BCUT2D eigenvalue weighted by atomic mass is 35.5. The molecule has 3 nitrogen and oxygen atoms in total. The molecule has 0 aliphatic heterocycles. The highest BCUT2D eigenvalue weighted by molar-refractivity contribution is 6.31. The van der Waals surface area contributed by atoms with Crippen molar-refractivity contribution in [1.29, 1.82) is 0 Å². The molecule has 0 radical (unpaired) electrons. The van der Waals surface area contributed by atoms with E-state index in [0.717, 1.165) is 5.56 Å². The van der Waals surface area contributed by atoms with Gasteiger partial charge >= 0.3 is 0 Å². The van der Waals surface area contributed by atoms with Crippen LogP contribution in [-0.4, -0.2) is 16.9 Å². The number of halogens is 3. The third-order valence-corrected chi connectivity index (χ3v) is 3.15. The number of alkyl halides is 1. The predicted octanol–water partition coefficient (Wildman–Crippen LogP) is 3.55. The fourth-order valence-electron chi connectivity index (χ4n) is 1.61. The fraction of sp³-hybridized carbons (Fsp3) is 0.250. The lowest BCUT2D eigenvalue weighted by Gasteiger charge is -2.02. The zero-order valence-corrected chi connectivity index (χ0v) is 11.2. The van der Waals surface area contributed by atoms with Crippen molar-refractivity contribution in [2.45, 2.75) is 12.5 Å². The normalized spacial score (nSPS) is 10.9. The van der Waals surface area contributed by atoms with E-state index in [1.54, 1.807) is 19.2 Å². The van der Waals surface area contributed by atoms with Crippen LogP contribution in [0.2, 0.25) is 5.15 Å². The molecule has 0 spiro atoms. The van der Waals surface area contributed by atoms with Crippen LogP contribution in [0.1, 0.15) is 11.3 Å².